The average Bonchev–Trinajstić information content (AvgIpc) is 2.85. The second-order valence-corrected chi connectivity index (χ2v) is 6.59. The van der Waals surface area contributed by atoms with E-state index >= 15 is 0 Å². The van der Waals surface area contributed by atoms with Crippen molar-refractivity contribution in [3.05, 3.63) is 29.3 Å². The summed E-state index contributed by atoms with van der Waals surface area (Å²) in [6.07, 6.45) is 4.35. The molecule has 0 saturated carbocycles. The molecule has 0 aliphatic heterocycles. The maximum atomic E-state index is 12.2. The Kier molecular flexibility index (Phi) is 4.23. The fourth-order valence-electron chi connectivity index (χ4n) is 2.41. The first-order valence-corrected chi connectivity index (χ1v) is 8.09. The van der Waals surface area contributed by atoms with Gasteiger partial charge in [0.05, 0.1) is 11.0 Å². The highest BCUT2D eigenvalue weighted by Gasteiger charge is 2.21. The van der Waals surface area contributed by atoms with E-state index in [2.05, 4.69) is 4.72 Å². The van der Waals surface area contributed by atoms with Gasteiger partial charge in [-0.2, -0.15) is 9.98 Å². The van der Waals surface area contributed by atoms with Gasteiger partial charge in [0.25, 0.3) is 0 Å². The van der Waals surface area contributed by atoms with Gasteiger partial charge in [0, 0.05) is 0 Å². The van der Waals surface area contributed by atoms with E-state index in [0.29, 0.717) is 6.42 Å². The van der Waals surface area contributed by atoms with Crippen LogP contribution in [0.4, 0.5) is 0 Å². The number of fused-ring (bicyclic) bond motifs is 1. The number of benzene rings is 1. The summed E-state index contributed by atoms with van der Waals surface area (Å²) in [5.74, 6) is 0. The normalized spacial score (nSPS) is 15.8. The Balaban J connectivity index is 2.22. The van der Waals surface area contributed by atoms with Gasteiger partial charge in [-0.15, -0.1) is 0 Å². The molecule has 2 rings (SSSR count). The van der Waals surface area contributed by atoms with Crippen LogP contribution in [-0.2, 0) is 22.9 Å². The monoisotopic (exact) mass is 278 g/mol. The van der Waals surface area contributed by atoms with Crippen LogP contribution in [0.5, 0.6) is 0 Å². The zero-order chi connectivity index (χ0) is 13.9. The lowest BCUT2D eigenvalue weighted by atomic mass is 10.1. The van der Waals surface area contributed by atoms with Gasteiger partial charge in [0.1, 0.15) is 6.04 Å². The number of nitrogens with one attached hydrogen (secondary N) is 1. The quantitative estimate of drug-likeness (QED) is 0.897. The number of nitriles is 1. The summed E-state index contributed by atoms with van der Waals surface area (Å²) in [4.78, 5) is 0.268. The SMILES string of the molecule is CCCC(C#N)NS(=O)(=O)c1ccc2c(c1)CCC2. The molecule has 4 nitrogen and oxygen atoms in total. The Labute approximate surface area is 114 Å². The van der Waals surface area contributed by atoms with Gasteiger partial charge in [0.15, 0.2) is 0 Å². The van der Waals surface area contributed by atoms with Crippen LogP contribution < -0.4 is 4.72 Å². The van der Waals surface area contributed by atoms with Crippen LogP contribution in [-0.4, -0.2) is 14.5 Å². The molecule has 0 spiro atoms. The minimum absolute atomic E-state index is 0.268. The van der Waals surface area contributed by atoms with Crippen molar-refractivity contribution in [1.82, 2.24) is 4.72 Å². The van der Waals surface area contributed by atoms with Gasteiger partial charge in [-0.3, -0.25) is 0 Å². The summed E-state index contributed by atoms with van der Waals surface area (Å²) in [5.41, 5.74) is 2.36. The summed E-state index contributed by atoms with van der Waals surface area (Å²) >= 11 is 0. The summed E-state index contributed by atoms with van der Waals surface area (Å²) in [6.45, 7) is 1.92. The van der Waals surface area contributed by atoms with Crippen molar-refractivity contribution in [2.45, 2.75) is 50.0 Å². The van der Waals surface area contributed by atoms with E-state index in [1.165, 1.54) is 5.56 Å². The molecule has 1 N–H and O–H groups in total. The molecule has 1 unspecified atom stereocenters. The van der Waals surface area contributed by atoms with Crippen molar-refractivity contribution < 1.29 is 8.42 Å². The average molecular weight is 278 g/mol. The van der Waals surface area contributed by atoms with Gasteiger partial charge in [-0.05, 0) is 48.9 Å². The van der Waals surface area contributed by atoms with E-state index in [-0.39, 0.29) is 4.90 Å². The van der Waals surface area contributed by atoms with Crippen molar-refractivity contribution in [1.29, 1.82) is 5.26 Å². The molecule has 0 radical (unpaired) electrons. The lowest BCUT2D eigenvalue weighted by Crippen LogP contribution is -2.33. The minimum atomic E-state index is -3.59. The standard InChI is InChI=1S/C14H18N2O2S/c1-2-4-13(10-15)16-19(17,18)14-8-7-11-5-3-6-12(11)9-14/h7-9,13,16H,2-6H2,1H3. The fraction of sp³-hybridized carbons (Fsp3) is 0.500. The Morgan fingerprint density at radius 1 is 1.37 bits per heavy atom. The van der Waals surface area contributed by atoms with Crippen LogP contribution >= 0.6 is 0 Å². The molecule has 1 aliphatic rings. The minimum Gasteiger partial charge on any atom is -0.207 e. The number of hydrogen-bond donors (Lipinski definition) is 1. The summed E-state index contributed by atoms with van der Waals surface area (Å²) in [7, 11) is -3.59. The molecule has 0 fully saturated rings. The highest BCUT2D eigenvalue weighted by molar-refractivity contribution is 7.89. The topological polar surface area (TPSA) is 70.0 Å². The van der Waals surface area contributed by atoms with Crippen molar-refractivity contribution >= 4 is 10.0 Å². The van der Waals surface area contributed by atoms with Crippen LogP contribution in [0.25, 0.3) is 0 Å². The van der Waals surface area contributed by atoms with Gasteiger partial charge in [-0.25, -0.2) is 8.42 Å². The third-order valence-electron chi connectivity index (χ3n) is 3.41. The Hall–Kier alpha value is -1.38. The zero-order valence-electron chi connectivity index (χ0n) is 11.0. The van der Waals surface area contributed by atoms with E-state index < -0.39 is 16.1 Å². The van der Waals surface area contributed by atoms with Crippen molar-refractivity contribution in [3.63, 3.8) is 0 Å². The summed E-state index contributed by atoms with van der Waals surface area (Å²) in [5, 5.41) is 8.95. The van der Waals surface area contributed by atoms with Crippen molar-refractivity contribution in [2.24, 2.45) is 0 Å². The second-order valence-electron chi connectivity index (χ2n) is 4.88. The van der Waals surface area contributed by atoms with Gasteiger partial charge in [0.2, 0.25) is 10.0 Å². The highest BCUT2D eigenvalue weighted by atomic mass is 32.2. The number of sulfonamides is 1. The molecule has 0 heterocycles. The van der Waals surface area contributed by atoms with Crippen LogP contribution in [0.15, 0.2) is 23.1 Å². The molecule has 0 bridgehead atoms. The van der Waals surface area contributed by atoms with Crippen LogP contribution in [0.2, 0.25) is 0 Å². The first-order valence-electron chi connectivity index (χ1n) is 6.60. The number of rotatable bonds is 5. The summed E-state index contributed by atoms with van der Waals surface area (Å²) in [6, 6.07) is 6.60. The predicted molar refractivity (Wildman–Crippen MR) is 73.1 cm³/mol. The summed E-state index contributed by atoms with van der Waals surface area (Å²) < 4.78 is 26.9. The molecule has 0 aromatic heterocycles. The third kappa shape index (κ3) is 3.14. The van der Waals surface area contributed by atoms with E-state index in [1.54, 1.807) is 12.1 Å². The zero-order valence-corrected chi connectivity index (χ0v) is 11.8. The van der Waals surface area contributed by atoms with Crippen molar-refractivity contribution in [3.8, 4) is 6.07 Å². The smallest absolute Gasteiger partial charge is 0.207 e. The highest BCUT2D eigenvalue weighted by Crippen LogP contribution is 2.24. The molecular formula is C14H18N2O2S. The molecule has 19 heavy (non-hydrogen) atoms. The maximum Gasteiger partial charge on any atom is 0.241 e. The predicted octanol–water partition coefficient (Wildman–Crippen LogP) is 2.15. The van der Waals surface area contributed by atoms with E-state index in [9.17, 15) is 8.42 Å². The lowest BCUT2D eigenvalue weighted by Gasteiger charge is -2.12. The lowest BCUT2D eigenvalue weighted by molar-refractivity contribution is 0.563. The number of aryl methyl sites for hydroxylation is 2. The number of nitrogens with zero attached hydrogens (tertiary/aromatic N) is 1. The van der Waals surface area contributed by atoms with Crippen LogP contribution in [0, 0.1) is 11.3 Å². The molecule has 0 amide bonds. The van der Waals surface area contributed by atoms with Crippen LogP contribution in [0.3, 0.4) is 0 Å². The Morgan fingerprint density at radius 3 is 2.79 bits per heavy atom. The van der Waals surface area contributed by atoms with E-state index in [0.717, 1.165) is 31.2 Å². The first kappa shape index (κ1) is 14.0. The fourth-order valence-corrected chi connectivity index (χ4v) is 3.63. The molecule has 1 aromatic rings. The molecule has 1 aliphatic carbocycles. The number of hydrogen-bond acceptors (Lipinski definition) is 3. The molecular weight excluding hydrogens is 260 g/mol. The van der Waals surface area contributed by atoms with E-state index in [1.807, 2.05) is 19.1 Å². The second kappa shape index (κ2) is 5.72. The molecule has 102 valence electrons. The van der Waals surface area contributed by atoms with Gasteiger partial charge < -0.3 is 0 Å². The van der Waals surface area contributed by atoms with Gasteiger partial charge >= 0.3 is 0 Å². The van der Waals surface area contributed by atoms with Gasteiger partial charge in [-0.1, -0.05) is 19.4 Å². The Morgan fingerprint density at radius 2 is 2.11 bits per heavy atom. The molecule has 0 saturated heterocycles. The third-order valence-corrected chi connectivity index (χ3v) is 4.88. The Bertz CT molecular complexity index is 602. The first-order chi connectivity index (χ1) is 9.06. The largest absolute Gasteiger partial charge is 0.241 e. The van der Waals surface area contributed by atoms with Crippen molar-refractivity contribution in [2.75, 3.05) is 0 Å². The van der Waals surface area contributed by atoms with E-state index in [4.69, 9.17) is 5.26 Å². The molecule has 1 aromatic carbocycles. The molecule has 5 heteroatoms. The van der Waals surface area contributed by atoms with Crippen LogP contribution in [0.1, 0.15) is 37.3 Å². The molecule has 1 atom stereocenters. The maximum absolute atomic E-state index is 12.2.